The maximum Gasteiger partial charge on any atom is 0.223 e. The van der Waals surface area contributed by atoms with E-state index < -0.39 is 0 Å². The minimum atomic E-state index is 0.0697. The SMILES string of the molecule is O=C1NCC2CC(c3ccc(Cl)cc3)C(c3ccc(Cl)cc3Cl)CC12. The van der Waals surface area contributed by atoms with E-state index in [9.17, 15) is 4.79 Å². The zero-order valence-corrected chi connectivity index (χ0v) is 15.8. The summed E-state index contributed by atoms with van der Waals surface area (Å²) in [6.45, 7) is 0.772. The van der Waals surface area contributed by atoms with Crippen LogP contribution in [0.15, 0.2) is 42.5 Å². The number of carbonyl (C=O) groups is 1. The molecule has 0 spiro atoms. The highest BCUT2D eigenvalue weighted by Gasteiger charge is 2.45. The Balaban J connectivity index is 1.75. The normalized spacial score (nSPS) is 28.5. The van der Waals surface area contributed by atoms with Crippen LogP contribution in [0.3, 0.4) is 0 Å². The highest BCUT2D eigenvalue weighted by molar-refractivity contribution is 6.35. The summed E-state index contributed by atoms with van der Waals surface area (Å²) >= 11 is 18.7. The Labute approximate surface area is 162 Å². The van der Waals surface area contributed by atoms with Crippen LogP contribution in [-0.4, -0.2) is 12.5 Å². The van der Waals surface area contributed by atoms with Crippen molar-refractivity contribution in [1.82, 2.24) is 5.32 Å². The summed E-state index contributed by atoms with van der Waals surface area (Å²) in [7, 11) is 0. The Morgan fingerprint density at radius 3 is 2.28 bits per heavy atom. The van der Waals surface area contributed by atoms with E-state index in [2.05, 4.69) is 17.4 Å². The molecule has 0 radical (unpaired) electrons. The van der Waals surface area contributed by atoms with Crippen LogP contribution >= 0.6 is 34.8 Å². The van der Waals surface area contributed by atoms with Crippen molar-refractivity contribution in [3.8, 4) is 0 Å². The number of nitrogens with one attached hydrogen (secondary N) is 1. The Kier molecular flexibility index (Phi) is 4.70. The molecule has 1 N–H and O–H groups in total. The van der Waals surface area contributed by atoms with Gasteiger partial charge in [0.25, 0.3) is 0 Å². The summed E-state index contributed by atoms with van der Waals surface area (Å²) in [5, 5.41) is 5.06. The summed E-state index contributed by atoms with van der Waals surface area (Å²) < 4.78 is 0. The minimum absolute atomic E-state index is 0.0697. The van der Waals surface area contributed by atoms with Crippen molar-refractivity contribution < 1.29 is 4.79 Å². The number of hydrogen-bond donors (Lipinski definition) is 1. The third kappa shape index (κ3) is 3.28. The quantitative estimate of drug-likeness (QED) is 0.698. The van der Waals surface area contributed by atoms with Gasteiger partial charge in [-0.15, -0.1) is 0 Å². The zero-order valence-electron chi connectivity index (χ0n) is 13.5. The molecule has 1 aliphatic carbocycles. The van der Waals surface area contributed by atoms with Crippen LogP contribution in [0.2, 0.25) is 15.1 Å². The fourth-order valence-corrected chi connectivity index (χ4v) is 5.09. The first-order valence-electron chi connectivity index (χ1n) is 8.51. The van der Waals surface area contributed by atoms with Gasteiger partial charge in [0.2, 0.25) is 5.91 Å². The molecule has 4 atom stereocenters. The molecule has 0 bridgehead atoms. The molecule has 1 heterocycles. The van der Waals surface area contributed by atoms with Crippen LogP contribution < -0.4 is 5.32 Å². The van der Waals surface area contributed by atoms with Crippen LogP contribution in [-0.2, 0) is 4.79 Å². The van der Waals surface area contributed by atoms with Gasteiger partial charge in [-0.3, -0.25) is 4.79 Å². The molecular weight excluding hydrogens is 377 g/mol. The summed E-state index contributed by atoms with van der Waals surface area (Å²) in [4.78, 5) is 12.2. The second kappa shape index (κ2) is 6.83. The van der Waals surface area contributed by atoms with Gasteiger partial charge < -0.3 is 5.32 Å². The van der Waals surface area contributed by atoms with Gasteiger partial charge in [0.15, 0.2) is 0 Å². The van der Waals surface area contributed by atoms with Gasteiger partial charge in [0.1, 0.15) is 0 Å². The van der Waals surface area contributed by atoms with Crippen molar-refractivity contribution in [2.75, 3.05) is 6.54 Å². The first-order chi connectivity index (χ1) is 12.0. The molecule has 1 saturated carbocycles. The van der Waals surface area contributed by atoms with Crippen molar-refractivity contribution >= 4 is 40.7 Å². The molecule has 2 aromatic carbocycles. The summed E-state index contributed by atoms with van der Waals surface area (Å²) in [5.74, 6) is 1.13. The molecule has 1 saturated heterocycles. The molecule has 5 heteroatoms. The van der Waals surface area contributed by atoms with Gasteiger partial charge in [0, 0.05) is 27.5 Å². The van der Waals surface area contributed by atoms with Crippen LogP contribution in [0, 0.1) is 11.8 Å². The van der Waals surface area contributed by atoms with E-state index in [0.29, 0.717) is 21.9 Å². The highest BCUT2D eigenvalue weighted by Crippen LogP contribution is 2.51. The van der Waals surface area contributed by atoms with E-state index in [0.717, 1.165) is 30.0 Å². The maximum atomic E-state index is 12.2. The lowest BCUT2D eigenvalue weighted by Crippen LogP contribution is -2.30. The molecule has 130 valence electrons. The van der Waals surface area contributed by atoms with Gasteiger partial charge in [-0.2, -0.15) is 0 Å². The monoisotopic (exact) mass is 393 g/mol. The molecule has 4 unspecified atom stereocenters. The molecule has 2 aliphatic rings. The Morgan fingerprint density at radius 1 is 0.840 bits per heavy atom. The largest absolute Gasteiger partial charge is 0.356 e. The zero-order chi connectivity index (χ0) is 17.6. The topological polar surface area (TPSA) is 29.1 Å². The molecule has 1 amide bonds. The summed E-state index contributed by atoms with van der Waals surface area (Å²) in [6.07, 6.45) is 1.78. The number of halogens is 3. The Hall–Kier alpha value is -1.22. The minimum Gasteiger partial charge on any atom is -0.356 e. The van der Waals surface area contributed by atoms with Gasteiger partial charge in [-0.25, -0.2) is 0 Å². The molecule has 1 aliphatic heterocycles. The average molecular weight is 395 g/mol. The second-order valence-corrected chi connectivity index (χ2v) is 8.29. The van der Waals surface area contributed by atoms with Crippen molar-refractivity contribution in [3.05, 3.63) is 68.7 Å². The van der Waals surface area contributed by atoms with Crippen LogP contribution in [0.5, 0.6) is 0 Å². The molecular formula is C20H18Cl3NO. The average Bonchev–Trinajstić information content (AvgIpc) is 2.95. The van der Waals surface area contributed by atoms with Gasteiger partial charge in [-0.05, 0) is 66.0 Å². The Bertz CT molecular complexity index is 805. The van der Waals surface area contributed by atoms with E-state index in [-0.39, 0.29) is 17.7 Å². The second-order valence-electron chi connectivity index (χ2n) is 7.01. The number of benzene rings is 2. The first kappa shape index (κ1) is 17.2. The smallest absolute Gasteiger partial charge is 0.223 e. The number of amides is 1. The molecule has 25 heavy (non-hydrogen) atoms. The lowest BCUT2D eigenvalue weighted by molar-refractivity contribution is -0.123. The summed E-state index contributed by atoms with van der Waals surface area (Å²) in [5.41, 5.74) is 2.32. The van der Waals surface area contributed by atoms with E-state index in [1.807, 2.05) is 24.3 Å². The first-order valence-corrected chi connectivity index (χ1v) is 9.64. The van der Waals surface area contributed by atoms with E-state index >= 15 is 0 Å². The van der Waals surface area contributed by atoms with Crippen LogP contribution in [0.25, 0.3) is 0 Å². The summed E-state index contributed by atoms with van der Waals surface area (Å²) in [6, 6.07) is 13.7. The molecule has 0 aromatic heterocycles. The van der Waals surface area contributed by atoms with Gasteiger partial charge in [0.05, 0.1) is 0 Å². The van der Waals surface area contributed by atoms with Gasteiger partial charge in [-0.1, -0.05) is 53.0 Å². The molecule has 4 rings (SSSR count). The van der Waals surface area contributed by atoms with Crippen LogP contribution in [0.4, 0.5) is 0 Å². The highest BCUT2D eigenvalue weighted by atomic mass is 35.5. The predicted octanol–water partition coefficient (Wildman–Crippen LogP) is 5.67. The van der Waals surface area contributed by atoms with Crippen LogP contribution in [0.1, 0.15) is 35.8 Å². The fraction of sp³-hybridized carbons (Fsp3) is 0.350. The predicted molar refractivity (Wildman–Crippen MR) is 103 cm³/mol. The van der Waals surface area contributed by atoms with E-state index in [1.54, 1.807) is 6.07 Å². The third-order valence-electron chi connectivity index (χ3n) is 5.65. The standard InChI is InChI=1S/C20H18Cl3NO/c21-13-3-1-11(2-4-13)16-7-12-10-24-20(25)17(12)9-18(16)15-6-5-14(22)8-19(15)23/h1-6,8,12,16-18H,7,9-10H2,(H,24,25). The van der Waals surface area contributed by atoms with Crippen molar-refractivity contribution in [2.24, 2.45) is 11.8 Å². The lowest BCUT2D eigenvalue weighted by atomic mass is 9.65. The fourth-order valence-electron chi connectivity index (χ4n) is 4.42. The van der Waals surface area contributed by atoms with Crippen molar-refractivity contribution in [1.29, 1.82) is 0 Å². The maximum absolute atomic E-state index is 12.2. The third-order valence-corrected chi connectivity index (χ3v) is 6.47. The Morgan fingerprint density at radius 2 is 1.56 bits per heavy atom. The molecule has 2 aromatic rings. The number of fused-ring (bicyclic) bond motifs is 1. The van der Waals surface area contributed by atoms with E-state index in [4.69, 9.17) is 34.8 Å². The van der Waals surface area contributed by atoms with Crippen molar-refractivity contribution in [3.63, 3.8) is 0 Å². The van der Waals surface area contributed by atoms with E-state index in [1.165, 1.54) is 5.56 Å². The number of rotatable bonds is 2. The number of hydrogen-bond acceptors (Lipinski definition) is 1. The van der Waals surface area contributed by atoms with Gasteiger partial charge >= 0.3 is 0 Å². The lowest BCUT2D eigenvalue weighted by Gasteiger charge is -2.38. The van der Waals surface area contributed by atoms with Crippen molar-refractivity contribution in [2.45, 2.75) is 24.7 Å². The molecule has 2 fully saturated rings. The molecule has 2 nitrogen and oxygen atoms in total. The number of carbonyl (C=O) groups excluding carboxylic acids is 1.